The number of benzene rings is 2. The Morgan fingerprint density at radius 1 is 0.491 bits per heavy atom. The van der Waals surface area contributed by atoms with Crippen LogP contribution >= 0.6 is 15.6 Å². The lowest BCUT2D eigenvalue weighted by molar-refractivity contribution is -0.890. The maximum Gasteiger partial charge on any atom is 0.472 e. The lowest BCUT2D eigenvalue weighted by Crippen LogP contribution is -2.42. The van der Waals surface area contributed by atoms with Gasteiger partial charge in [-0.15, -0.1) is 0 Å². The number of hydrogen-bond acceptors (Lipinski definition) is 10. The summed E-state index contributed by atoms with van der Waals surface area (Å²) in [6.07, 6.45) is 15.2. The molecule has 55 heavy (non-hydrogen) atoms. The summed E-state index contributed by atoms with van der Waals surface area (Å²) in [5.41, 5.74) is 1.62. The van der Waals surface area contributed by atoms with E-state index in [1.54, 1.807) is 12.1 Å². The van der Waals surface area contributed by atoms with E-state index in [4.69, 9.17) is 18.1 Å². The number of nitrogens with zero attached hydrogens (tertiary/aromatic N) is 2. The average molecular weight is 823 g/mol. The minimum absolute atomic E-state index is 0.0692. The summed E-state index contributed by atoms with van der Waals surface area (Å²) in [6.45, 7) is 4.98. The summed E-state index contributed by atoms with van der Waals surface area (Å²) in [5, 5.41) is 37.4. The standard InChI is InChI=1S/C25H46NO6P.C14H24NO6P/c1-4-5-6-7-8-9-10-11-12-13-18-26(2,3)19-21-32-33(29,30)31-20-14-15-23-16-17-24(27)25(28)22-23;1-15(2,3)8-10-21-22(18,19)20-9-4-5-12-6-7-13(16)14(17)11-12/h16-17,22H,4-15,18-21H2,1-3H3,(H2-,27,28,29,30);6-7,11H,4-5,8-10H2,1-3H3,(H2-,16,17,18,19)/p+2. The number of aromatic hydroxyl groups is 4. The van der Waals surface area contributed by atoms with Crippen LogP contribution in [0.25, 0.3) is 0 Å². The first-order valence-corrected chi connectivity index (χ1v) is 22.6. The number of aryl methyl sites for hydroxylation is 2. The van der Waals surface area contributed by atoms with E-state index in [1.807, 2.05) is 21.1 Å². The van der Waals surface area contributed by atoms with E-state index in [1.165, 1.54) is 82.1 Å². The normalized spacial score (nSPS) is 14.2. The summed E-state index contributed by atoms with van der Waals surface area (Å²) in [4.78, 5) is 19.4. The Kier molecular flexibility index (Phi) is 24.6. The monoisotopic (exact) mass is 822 g/mol. The van der Waals surface area contributed by atoms with Gasteiger partial charge in [0.2, 0.25) is 0 Å². The molecule has 0 spiro atoms. The molecule has 0 saturated heterocycles. The molecular weight excluding hydrogens is 750 g/mol. The molecule has 16 heteroatoms. The molecule has 0 heterocycles. The van der Waals surface area contributed by atoms with Crippen LogP contribution in [0.2, 0.25) is 0 Å². The number of phenolic OH excluding ortho intramolecular Hbond substituents is 4. The van der Waals surface area contributed by atoms with Crippen LogP contribution in [0.15, 0.2) is 36.4 Å². The molecule has 0 aliphatic heterocycles. The van der Waals surface area contributed by atoms with Crippen LogP contribution in [0.1, 0.15) is 95.1 Å². The second kappa shape index (κ2) is 26.7. The minimum atomic E-state index is -4.07. The van der Waals surface area contributed by atoms with Crippen LogP contribution in [-0.2, 0) is 40.1 Å². The van der Waals surface area contributed by atoms with Crippen LogP contribution in [0, 0.1) is 0 Å². The first-order chi connectivity index (χ1) is 25.7. The van der Waals surface area contributed by atoms with Gasteiger partial charge < -0.3 is 39.2 Å². The number of rotatable bonds is 29. The zero-order chi connectivity index (χ0) is 41.4. The number of likely N-dealkylation sites (N-methyl/N-ethyl adjacent to an activating group) is 2. The molecule has 2 aromatic rings. The van der Waals surface area contributed by atoms with Crippen molar-refractivity contribution in [2.75, 3.05) is 81.3 Å². The molecule has 0 aromatic heterocycles. The van der Waals surface area contributed by atoms with Crippen LogP contribution in [0.3, 0.4) is 0 Å². The van der Waals surface area contributed by atoms with E-state index >= 15 is 0 Å². The third-order valence-corrected chi connectivity index (χ3v) is 10.9. The first kappa shape index (κ1) is 50.8. The molecule has 0 saturated carbocycles. The Balaban J connectivity index is 0.000000596. The van der Waals surface area contributed by atoms with Crippen molar-refractivity contribution in [3.8, 4) is 23.0 Å². The summed E-state index contributed by atoms with van der Waals surface area (Å²) < 4.78 is 45.1. The number of hydrogen-bond donors (Lipinski definition) is 6. The van der Waals surface area contributed by atoms with Crippen LogP contribution in [0.4, 0.5) is 0 Å². The van der Waals surface area contributed by atoms with Crippen LogP contribution < -0.4 is 0 Å². The minimum Gasteiger partial charge on any atom is -0.504 e. The predicted octanol–water partition coefficient (Wildman–Crippen LogP) is 8.03. The summed E-state index contributed by atoms with van der Waals surface area (Å²) in [6, 6.07) is 9.10. The fourth-order valence-corrected chi connectivity index (χ4v) is 6.90. The second-order valence-electron chi connectivity index (χ2n) is 15.7. The zero-order valence-corrected chi connectivity index (χ0v) is 36.0. The van der Waals surface area contributed by atoms with E-state index < -0.39 is 15.6 Å². The lowest BCUT2D eigenvalue weighted by atomic mass is 10.1. The Morgan fingerprint density at radius 3 is 1.27 bits per heavy atom. The van der Waals surface area contributed by atoms with Crippen molar-refractivity contribution >= 4 is 15.6 Å². The van der Waals surface area contributed by atoms with Gasteiger partial charge in [-0.05, 0) is 73.9 Å². The van der Waals surface area contributed by atoms with E-state index in [2.05, 4.69) is 21.0 Å². The van der Waals surface area contributed by atoms with Crippen molar-refractivity contribution in [3.05, 3.63) is 47.5 Å². The lowest BCUT2D eigenvalue weighted by Gasteiger charge is -2.30. The first-order valence-electron chi connectivity index (χ1n) is 19.6. The highest BCUT2D eigenvalue weighted by Crippen LogP contribution is 2.44. The number of phosphoric ester groups is 2. The molecule has 2 atom stereocenters. The van der Waals surface area contributed by atoms with Gasteiger partial charge in [0.05, 0.1) is 55.0 Å². The quantitative estimate of drug-likeness (QED) is 0.0201. The third-order valence-electron chi connectivity index (χ3n) is 8.89. The Hall–Kier alpha value is -2.22. The summed E-state index contributed by atoms with van der Waals surface area (Å²) in [5.74, 6) is -0.707. The van der Waals surface area contributed by atoms with Gasteiger partial charge in [0.1, 0.15) is 26.3 Å². The van der Waals surface area contributed by atoms with Gasteiger partial charge in [0, 0.05) is 0 Å². The number of unbranched alkanes of at least 4 members (excludes halogenated alkanes) is 9. The van der Waals surface area contributed by atoms with E-state index in [0.717, 1.165) is 28.6 Å². The molecule has 2 rings (SSSR count). The fraction of sp³-hybridized carbons (Fsp3) is 0.692. The molecule has 318 valence electrons. The van der Waals surface area contributed by atoms with Crippen molar-refractivity contribution in [1.82, 2.24) is 0 Å². The maximum atomic E-state index is 12.1. The van der Waals surface area contributed by atoms with Gasteiger partial charge in [0.25, 0.3) is 0 Å². The maximum absolute atomic E-state index is 12.1. The van der Waals surface area contributed by atoms with E-state index in [-0.39, 0.29) is 49.4 Å². The Morgan fingerprint density at radius 2 is 0.873 bits per heavy atom. The molecule has 0 aliphatic rings. The van der Waals surface area contributed by atoms with Gasteiger partial charge in [0.15, 0.2) is 23.0 Å². The molecular formula is C39H72N2O12P2+2. The molecule has 6 N–H and O–H groups in total. The molecule has 0 amide bonds. The van der Waals surface area contributed by atoms with E-state index in [0.29, 0.717) is 43.3 Å². The molecule has 0 radical (unpaired) electrons. The van der Waals surface area contributed by atoms with Crippen LogP contribution in [-0.4, -0.2) is 120 Å². The third kappa shape index (κ3) is 27.1. The number of phenols is 4. The van der Waals surface area contributed by atoms with Crippen molar-refractivity contribution in [1.29, 1.82) is 0 Å². The molecule has 2 aromatic carbocycles. The van der Waals surface area contributed by atoms with Gasteiger partial charge >= 0.3 is 15.6 Å². The van der Waals surface area contributed by atoms with Crippen molar-refractivity contribution in [3.63, 3.8) is 0 Å². The smallest absolute Gasteiger partial charge is 0.472 e. The highest BCUT2D eigenvalue weighted by molar-refractivity contribution is 7.47. The highest BCUT2D eigenvalue weighted by atomic mass is 31.2. The van der Waals surface area contributed by atoms with Crippen molar-refractivity contribution in [2.24, 2.45) is 0 Å². The molecule has 0 fully saturated rings. The Bertz CT molecular complexity index is 1440. The Labute approximate surface area is 330 Å². The second-order valence-corrected chi connectivity index (χ2v) is 18.6. The average Bonchev–Trinajstić information content (AvgIpc) is 3.08. The topological polar surface area (TPSA) is 192 Å². The largest absolute Gasteiger partial charge is 0.504 e. The molecule has 2 unspecified atom stereocenters. The van der Waals surface area contributed by atoms with Gasteiger partial charge in [-0.1, -0.05) is 70.4 Å². The SMILES string of the molecule is CCCCCCCCCCCC[N+](C)(C)CCOP(=O)(O)OCCCc1ccc(O)c(O)c1.C[N+](C)(C)CCOP(=O)(O)OCCCc1ccc(O)c(O)c1. The molecule has 0 aliphatic carbocycles. The highest BCUT2D eigenvalue weighted by Gasteiger charge is 2.24. The van der Waals surface area contributed by atoms with Gasteiger partial charge in [-0.25, -0.2) is 9.13 Å². The molecule has 0 bridgehead atoms. The fourth-order valence-electron chi connectivity index (χ4n) is 5.41. The summed E-state index contributed by atoms with van der Waals surface area (Å²) >= 11 is 0. The molecule has 14 nitrogen and oxygen atoms in total. The van der Waals surface area contributed by atoms with Crippen LogP contribution in [0.5, 0.6) is 23.0 Å². The van der Waals surface area contributed by atoms with Crippen molar-refractivity contribution < 1.29 is 66.4 Å². The van der Waals surface area contributed by atoms with Gasteiger partial charge in [-0.3, -0.25) is 18.1 Å². The van der Waals surface area contributed by atoms with E-state index in [9.17, 15) is 39.3 Å². The zero-order valence-electron chi connectivity index (χ0n) is 34.2. The van der Waals surface area contributed by atoms with Crippen molar-refractivity contribution in [2.45, 2.75) is 96.8 Å². The number of phosphoric acid groups is 2. The summed E-state index contributed by atoms with van der Waals surface area (Å²) in [7, 11) is 2.02. The predicted molar refractivity (Wildman–Crippen MR) is 216 cm³/mol. The number of quaternary nitrogens is 2. The van der Waals surface area contributed by atoms with Gasteiger partial charge in [-0.2, -0.15) is 0 Å².